The Hall–Kier alpha value is 0.168. The van der Waals surface area contributed by atoms with E-state index in [1.807, 2.05) is 74.2 Å². The van der Waals surface area contributed by atoms with Crippen molar-refractivity contribution in [3.8, 4) is 0 Å². The fraction of sp³-hybridized carbons (Fsp3) is 0.600. The van der Waals surface area contributed by atoms with Gasteiger partial charge in [-0.05, 0) is 17.7 Å². The number of hydrogen-bond acceptors (Lipinski definition) is 19. The number of rotatable bonds is 16. The molecule has 6 rings (SSSR count). The van der Waals surface area contributed by atoms with E-state index in [1.165, 1.54) is 29.8 Å². The second-order valence-electron chi connectivity index (χ2n) is 20.0. The Morgan fingerprint density at radius 1 is 0.423 bits per heavy atom. The van der Waals surface area contributed by atoms with Crippen LogP contribution < -0.4 is 14.7 Å². The number of fused-ring (bicyclic) bond motifs is 2. The van der Waals surface area contributed by atoms with Crippen LogP contribution in [0.1, 0.15) is 11.4 Å². The third-order valence-corrected chi connectivity index (χ3v) is 17.4. The summed E-state index contributed by atoms with van der Waals surface area (Å²) >= 11 is 0. The van der Waals surface area contributed by atoms with Crippen LogP contribution in [0.4, 0.5) is 0 Å². The molecule has 3 unspecified atom stereocenters. The molecule has 0 amide bonds. The molecule has 2 radical (unpaired) electrons. The van der Waals surface area contributed by atoms with Crippen molar-refractivity contribution in [1.82, 2.24) is 49.2 Å². The van der Waals surface area contributed by atoms with E-state index in [0.29, 0.717) is 78.5 Å². The predicted octanol–water partition coefficient (Wildman–Crippen LogP) is 0.591. The van der Waals surface area contributed by atoms with Crippen LogP contribution in [0.3, 0.4) is 0 Å². The van der Waals surface area contributed by atoms with Crippen LogP contribution in [-0.4, -0.2) is 241 Å². The molecule has 0 saturated carbocycles. The summed E-state index contributed by atoms with van der Waals surface area (Å²) in [6, 6.07) is 24.8. The maximum Gasteiger partial charge on any atom is 0.339 e. The Morgan fingerprint density at radius 3 is 0.987 bits per heavy atom. The van der Waals surface area contributed by atoms with E-state index in [9.17, 15) is 71.4 Å². The van der Waals surface area contributed by atoms with Crippen LogP contribution in [-0.2, 0) is 106 Å². The second kappa shape index (κ2) is 33.2. The number of pyridine rings is 2. The average molecular weight is 1360 g/mol. The van der Waals surface area contributed by atoms with Crippen LogP contribution in [0, 0.1) is 12.1 Å². The normalized spacial score (nSPS) is 20.7. The van der Waals surface area contributed by atoms with Gasteiger partial charge in [0.1, 0.15) is 12.6 Å². The van der Waals surface area contributed by atoms with Gasteiger partial charge in [0.15, 0.2) is 0 Å². The van der Waals surface area contributed by atoms with Crippen molar-refractivity contribution in [1.29, 1.82) is 0 Å². The van der Waals surface area contributed by atoms with Gasteiger partial charge in [-0.2, -0.15) is 36.4 Å². The summed E-state index contributed by atoms with van der Waals surface area (Å²) in [4.78, 5) is 117. The van der Waals surface area contributed by atoms with Crippen molar-refractivity contribution in [2.45, 2.75) is 13.1 Å². The van der Waals surface area contributed by atoms with E-state index in [0.717, 1.165) is 33.2 Å². The van der Waals surface area contributed by atoms with Gasteiger partial charge in [0.25, 0.3) is 0 Å². The van der Waals surface area contributed by atoms with Crippen LogP contribution in [0.2, 0.25) is 0 Å². The Bertz CT molecular complexity index is 2520. The van der Waals surface area contributed by atoms with Crippen molar-refractivity contribution >= 4 is 66.7 Å². The van der Waals surface area contributed by atoms with Crippen molar-refractivity contribution < 1.29 is 137 Å². The molecule has 78 heavy (non-hydrogen) atoms. The Kier molecular flexibility index (Phi) is 30.8. The predicted molar refractivity (Wildman–Crippen MR) is 287 cm³/mol. The van der Waals surface area contributed by atoms with Crippen molar-refractivity contribution in [2.24, 2.45) is 0 Å². The molecule has 25 nitrogen and oxygen atoms in total. The number of hydrogen-bond donors (Lipinski definition) is 6. The zero-order valence-corrected chi connectivity index (χ0v) is 55.5. The van der Waals surface area contributed by atoms with Crippen LogP contribution in [0.25, 0.3) is 21.8 Å². The fourth-order valence-electron chi connectivity index (χ4n) is 8.92. The average Bonchev–Trinajstić information content (AvgIpc) is 3.28. The number of aromatic nitrogens is 2. The van der Waals surface area contributed by atoms with Gasteiger partial charge in [-0.1, -0.05) is 19.7 Å². The molecule has 0 aliphatic carbocycles. The van der Waals surface area contributed by atoms with Gasteiger partial charge in [0, 0.05) is 216 Å². The molecule has 4 heterocycles. The van der Waals surface area contributed by atoms with E-state index in [1.54, 1.807) is 11.0 Å². The topological polar surface area (TPSA) is 345 Å². The molecule has 0 bridgehead atoms. The molecule has 2 aliphatic rings. The summed E-state index contributed by atoms with van der Waals surface area (Å²) in [6.45, 7) is 10.1. The first-order valence-electron chi connectivity index (χ1n) is 24.6. The maximum atomic E-state index is 12.3. The first-order chi connectivity index (χ1) is 35.3. The monoisotopic (exact) mass is 1360 g/mol. The smallest absolute Gasteiger partial charge is 0.339 e. The summed E-state index contributed by atoms with van der Waals surface area (Å²) in [6.07, 6.45) is -1.90. The molecule has 2 saturated heterocycles. The molecule has 33 heteroatoms. The Balaban J connectivity index is 0.000000400. The quantitative estimate of drug-likeness (QED) is 0.0660. The molecule has 0 spiro atoms. The molecule has 3 atom stereocenters. The maximum absolute atomic E-state index is 12.3. The minimum Gasteiger partial charge on any atom is -0.810 e. The van der Waals surface area contributed by atoms with E-state index < -0.39 is 63.8 Å². The molecular formula is C45H73N10O15P6Y2-5. The molecule has 2 aromatic heterocycles. The van der Waals surface area contributed by atoms with E-state index in [-0.39, 0.29) is 124 Å². The summed E-state index contributed by atoms with van der Waals surface area (Å²) in [5.41, 5.74) is 3.29. The molecule has 434 valence electrons. The Labute approximate surface area is 508 Å². The first kappa shape index (κ1) is 72.4. The van der Waals surface area contributed by atoms with Crippen molar-refractivity contribution in [2.75, 3.05) is 162 Å². The molecule has 4 aromatic rings. The van der Waals surface area contributed by atoms with Crippen molar-refractivity contribution in [3.63, 3.8) is 0 Å². The largest absolute Gasteiger partial charge is 0.810 e. The van der Waals surface area contributed by atoms with Gasteiger partial charge in [-0.3, -0.25) is 67.4 Å². The molecular weight excluding hydrogens is 1280 g/mol. The summed E-state index contributed by atoms with van der Waals surface area (Å²) < 4.78 is 71.5. The summed E-state index contributed by atoms with van der Waals surface area (Å²) in [7, 11) is -24.0. The summed E-state index contributed by atoms with van der Waals surface area (Å²) in [5, 5.41) is 1.92. The zero-order valence-electron chi connectivity index (χ0n) is 44.4. The van der Waals surface area contributed by atoms with Crippen LogP contribution >= 0.6 is 44.9 Å². The molecule has 2 aromatic carbocycles. The van der Waals surface area contributed by atoms with E-state index in [4.69, 9.17) is 4.98 Å². The van der Waals surface area contributed by atoms with Gasteiger partial charge in [0.2, 0.25) is 14.7 Å². The van der Waals surface area contributed by atoms with Gasteiger partial charge in [-0.25, -0.2) is 0 Å². The van der Waals surface area contributed by atoms with Gasteiger partial charge in [0.05, 0.1) is 24.0 Å². The molecule has 2 fully saturated rings. The summed E-state index contributed by atoms with van der Waals surface area (Å²) in [5.74, 6) is 0. The van der Waals surface area contributed by atoms with E-state index >= 15 is 0 Å². The van der Waals surface area contributed by atoms with Gasteiger partial charge < -0.3 is 53.2 Å². The SMILES string of the molecule is CP(=O)([O-])CN1CCN(Cc2ccc3c[c-]ccc3n2)CCN(CP(C)(=O)O)CCN(CP(C)(=O)O)CC1.O=P([O-])([O-])CN1CCN(Cc2ccc3c[c-]ccc3n2)CCN(CP(=O)(O)O)CCN(CP(=O)(O)O)CC1.[Y].[Y]. The standard InChI is InChI=1S/C24H41N5O6P3.C21H35N5O9P3.2Y/c1-36(30,31)19-27-12-10-26(18-23-9-8-22-6-4-5-7-24(22)25-23)11-13-28(20-37(2,32)33)15-17-29(16-14-27)21-38(3,34)35;27-36(28,29)16-24-9-7-23(15-20-6-5-19-3-1-2-4-21(19)22-20)8-10-25(17-37(30,31)32)12-14-26(13-11-24)18-38(33,34)35;;/h5-9H,10-21H2,1-3H3,(H,30,31)(H,32,33)(H,34,35);2-6H,7-18H2,(H2,27,28,29)(H2,30,31,32)(H2,33,34,35);;/q2*-1;;/p-3. The Morgan fingerprint density at radius 2 is 0.705 bits per heavy atom. The van der Waals surface area contributed by atoms with E-state index in [2.05, 4.69) is 22.0 Å². The number of nitrogens with zero attached hydrogens (tertiary/aromatic N) is 10. The number of benzene rings is 2. The van der Waals surface area contributed by atoms with Crippen molar-refractivity contribution in [3.05, 3.63) is 84.2 Å². The third kappa shape index (κ3) is 30.8. The zero-order chi connectivity index (χ0) is 56.0. The minimum atomic E-state index is -4.89. The molecule has 6 N–H and O–H groups in total. The first-order valence-corrected chi connectivity index (χ1v) is 36.7. The van der Waals surface area contributed by atoms with Crippen LogP contribution in [0.15, 0.2) is 60.7 Å². The fourth-order valence-corrected chi connectivity index (χ4v) is 14.4. The molecule has 2 aliphatic heterocycles. The third-order valence-electron chi connectivity index (χ3n) is 12.3. The van der Waals surface area contributed by atoms with Gasteiger partial charge >= 0.3 is 15.2 Å². The van der Waals surface area contributed by atoms with Gasteiger partial charge in [-0.15, -0.1) is 35.0 Å². The minimum absolute atomic E-state index is 0. The second-order valence-corrected chi connectivity index (χ2v) is 31.8. The van der Waals surface area contributed by atoms with Crippen LogP contribution in [0.5, 0.6) is 0 Å².